The first-order chi connectivity index (χ1) is 11.3. The molecule has 24 heavy (non-hydrogen) atoms. The van der Waals surface area contributed by atoms with Crippen LogP contribution in [0.3, 0.4) is 0 Å². The molecule has 0 saturated heterocycles. The number of hydrogen-bond acceptors (Lipinski definition) is 6. The molecule has 124 valence electrons. The van der Waals surface area contributed by atoms with Gasteiger partial charge in [-0.1, -0.05) is 18.2 Å². The first-order valence-electron chi connectivity index (χ1n) is 7.40. The van der Waals surface area contributed by atoms with Crippen molar-refractivity contribution in [3.05, 3.63) is 48.0 Å². The average Bonchev–Trinajstić information content (AvgIpc) is 3.07. The smallest absolute Gasteiger partial charge is 0.231 e. The van der Waals surface area contributed by atoms with E-state index >= 15 is 0 Å². The minimum atomic E-state index is 0. The lowest BCUT2D eigenvalue weighted by atomic mass is 10.2. The number of nitrogens with one attached hydrogen (secondary N) is 2. The predicted molar refractivity (Wildman–Crippen MR) is 96.2 cm³/mol. The molecule has 7 heteroatoms. The Morgan fingerprint density at radius 3 is 2.75 bits per heavy atom. The van der Waals surface area contributed by atoms with Crippen LogP contribution in [0.4, 0.5) is 11.8 Å². The highest BCUT2D eigenvalue weighted by Gasteiger charge is 2.13. The molecule has 4 rings (SSSR count). The van der Waals surface area contributed by atoms with Crippen molar-refractivity contribution in [1.29, 1.82) is 0 Å². The number of aromatic nitrogens is 2. The SMILES string of the molecule is CNc1nc(NCc2ccc3c(c2)OCO3)nc2ccccc12.Cl. The Bertz CT molecular complexity index is 872. The Kier molecular flexibility index (Phi) is 4.57. The molecule has 0 spiro atoms. The van der Waals surface area contributed by atoms with E-state index in [9.17, 15) is 0 Å². The molecule has 1 aromatic heterocycles. The third kappa shape index (κ3) is 3.00. The first kappa shape index (κ1) is 16.1. The lowest BCUT2D eigenvalue weighted by Gasteiger charge is -2.10. The largest absolute Gasteiger partial charge is 0.454 e. The summed E-state index contributed by atoms with van der Waals surface area (Å²) in [6.07, 6.45) is 0. The molecule has 1 aliphatic rings. The molecular formula is C17H17ClN4O2. The van der Waals surface area contributed by atoms with Crippen LogP contribution in [-0.4, -0.2) is 23.8 Å². The van der Waals surface area contributed by atoms with Crippen molar-refractivity contribution in [2.75, 3.05) is 24.5 Å². The number of para-hydroxylation sites is 1. The number of halogens is 1. The Morgan fingerprint density at radius 2 is 1.88 bits per heavy atom. The molecule has 3 aromatic rings. The Balaban J connectivity index is 0.00000169. The van der Waals surface area contributed by atoms with Gasteiger partial charge in [0, 0.05) is 19.0 Å². The molecule has 0 unspecified atom stereocenters. The van der Waals surface area contributed by atoms with Gasteiger partial charge in [0.1, 0.15) is 5.82 Å². The second-order valence-corrected chi connectivity index (χ2v) is 5.20. The lowest BCUT2D eigenvalue weighted by molar-refractivity contribution is 0.174. The highest BCUT2D eigenvalue weighted by molar-refractivity contribution is 5.89. The van der Waals surface area contributed by atoms with Gasteiger partial charge in [-0.3, -0.25) is 0 Å². The summed E-state index contributed by atoms with van der Waals surface area (Å²) in [5, 5.41) is 7.38. The van der Waals surface area contributed by atoms with Crippen LogP contribution in [0.2, 0.25) is 0 Å². The number of nitrogens with zero attached hydrogens (tertiary/aromatic N) is 2. The number of anilines is 2. The zero-order valence-electron chi connectivity index (χ0n) is 13.1. The summed E-state index contributed by atoms with van der Waals surface area (Å²) < 4.78 is 10.7. The topological polar surface area (TPSA) is 68.3 Å². The van der Waals surface area contributed by atoms with Crippen molar-refractivity contribution in [2.24, 2.45) is 0 Å². The van der Waals surface area contributed by atoms with Crippen molar-refractivity contribution in [2.45, 2.75) is 6.54 Å². The van der Waals surface area contributed by atoms with Gasteiger partial charge in [-0.15, -0.1) is 12.4 Å². The van der Waals surface area contributed by atoms with Crippen LogP contribution in [-0.2, 0) is 6.54 Å². The molecule has 0 atom stereocenters. The summed E-state index contributed by atoms with van der Waals surface area (Å²) in [4.78, 5) is 9.07. The fourth-order valence-corrected chi connectivity index (χ4v) is 2.58. The van der Waals surface area contributed by atoms with Gasteiger partial charge in [0.15, 0.2) is 11.5 Å². The molecule has 6 nitrogen and oxygen atoms in total. The van der Waals surface area contributed by atoms with E-state index in [0.717, 1.165) is 33.8 Å². The standard InChI is InChI=1S/C17H16N4O2.ClH/c1-18-16-12-4-2-3-5-13(12)20-17(21-16)19-9-11-6-7-14-15(8-11)23-10-22-14;/h2-8H,9-10H2,1H3,(H2,18,19,20,21);1H. The number of benzene rings is 2. The predicted octanol–water partition coefficient (Wildman–Crippen LogP) is 3.43. The number of hydrogen-bond donors (Lipinski definition) is 2. The monoisotopic (exact) mass is 344 g/mol. The zero-order chi connectivity index (χ0) is 15.6. The van der Waals surface area contributed by atoms with Gasteiger partial charge in [0.2, 0.25) is 12.7 Å². The summed E-state index contributed by atoms with van der Waals surface area (Å²) in [6.45, 7) is 0.893. The van der Waals surface area contributed by atoms with Crippen LogP contribution < -0.4 is 20.1 Å². The minimum Gasteiger partial charge on any atom is -0.454 e. The van der Waals surface area contributed by atoms with Crippen molar-refractivity contribution in [1.82, 2.24) is 9.97 Å². The Hall–Kier alpha value is -2.73. The van der Waals surface area contributed by atoms with Crippen LogP contribution in [0.15, 0.2) is 42.5 Å². The fraction of sp³-hybridized carbons (Fsp3) is 0.176. The third-order valence-electron chi connectivity index (χ3n) is 3.73. The Morgan fingerprint density at radius 1 is 1.04 bits per heavy atom. The van der Waals surface area contributed by atoms with E-state index in [1.165, 1.54) is 0 Å². The fourth-order valence-electron chi connectivity index (χ4n) is 2.58. The van der Waals surface area contributed by atoms with Gasteiger partial charge in [-0.2, -0.15) is 4.98 Å². The minimum absolute atomic E-state index is 0. The van der Waals surface area contributed by atoms with Crippen molar-refractivity contribution in [3.63, 3.8) is 0 Å². The van der Waals surface area contributed by atoms with Gasteiger partial charge >= 0.3 is 0 Å². The maximum Gasteiger partial charge on any atom is 0.231 e. The number of ether oxygens (including phenoxy) is 2. The summed E-state index contributed by atoms with van der Waals surface area (Å²) in [5.41, 5.74) is 1.98. The third-order valence-corrected chi connectivity index (χ3v) is 3.73. The van der Waals surface area contributed by atoms with Gasteiger partial charge in [-0.25, -0.2) is 4.98 Å². The van der Waals surface area contributed by atoms with Gasteiger partial charge in [0.05, 0.1) is 5.52 Å². The number of fused-ring (bicyclic) bond motifs is 2. The summed E-state index contributed by atoms with van der Waals surface area (Å²) >= 11 is 0. The van der Waals surface area contributed by atoms with Gasteiger partial charge < -0.3 is 20.1 Å². The summed E-state index contributed by atoms with van der Waals surface area (Å²) in [5.74, 6) is 2.96. The van der Waals surface area contributed by atoms with E-state index in [-0.39, 0.29) is 19.2 Å². The van der Waals surface area contributed by atoms with Gasteiger partial charge in [-0.05, 0) is 29.8 Å². The molecular weight excluding hydrogens is 328 g/mol. The van der Waals surface area contributed by atoms with Gasteiger partial charge in [0.25, 0.3) is 0 Å². The van der Waals surface area contributed by atoms with E-state index in [1.54, 1.807) is 0 Å². The summed E-state index contributed by atoms with van der Waals surface area (Å²) in [7, 11) is 1.86. The maximum atomic E-state index is 5.39. The normalized spacial score (nSPS) is 11.9. The molecule has 0 amide bonds. The van der Waals surface area contributed by atoms with Crippen LogP contribution in [0.25, 0.3) is 10.9 Å². The zero-order valence-corrected chi connectivity index (χ0v) is 13.9. The number of rotatable bonds is 4. The van der Waals surface area contributed by atoms with Crippen LogP contribution >= 0.6 is 12.4 Å². The average molecular weight is 345 g/mol. The highest BCUT2D eigenvalue weighted by atomic mass is 35.5. The molecule has 0 saturated carbocycles. The molecule has 0 aliphatic carbocycles. The highest BCUT2D eigenvalue weighted by Crippen LogP contribution is 2.32. The first-order valence-corrected chi connectivity index (χ1v) is 7.40. The van der Waals surface area contributed by atoms with E-state index in [2.05, 4.69) is 20.6 Å². The second kappa shape index (κ2) is 6.80. The van der Waals surface area contributed by atoms with E-state index in [4.69, 9.17) is 9.47 Å². The van der Waals surface area contributed by atoms with Crippen LogP contribution in [0.1, 0.15) is 5.56 Å². The molecule has 0 radical (unpaired) electrons. The van der Waals surface area contributed by atoms with Crippen LogP contribution in [0.5, 0.6) is 11.5 Å². The van der Waals surface area contributed by atoms with Crippen molar-refractivity contribution < 1.29 is 9.47 Å². The van der Waals surface area contributed by atoms with E-state index < -0.39 is 0 Å². The van der Waals surface area contributed by atoms with Crippen molar-refractivity contribution >= 4 is 35.1 Å². The molecule has 1 aliphatic heterocycles. The maximum absolute atomic E-state index is 5.39. The lowest BCUT2D eigenvalue weighted by Crippen LogP contribution is -2.06. The molecule has 0 bridgehead atoms. The molecule has 2 aromatic carbocycles. The van der Waals surface area contributed by atoms with Crippen molar-refractivity contribution in [3.8, 4) is 11.5 Å². The molecule has 2 heterocycles. The second-order valence-electron chi connectivity index (χ2n) is 5.20. The summed E-state index contributed by atoms with van der Waals surface area (Å²) in [6, 6.07) is 13.8. The van der Waals surface area contributed by atoms with E-state index in [1.807, 2.05) is 49.5 Å². The quantitative estimate of drug-likeness (QED) is 0.755. The van der Waals surface area contributed by atoms with Crippen LogP contribution in [0, 0.1) is 0 Å². The van der Waals surface area contributed by atoms with E-state index in [0.29, 0.717) is 12.5 Å². The molecule has 2 N–H and O–H groups in total. The Labute approximate surface area is 145 Å². The molecule has 0 fully saturated rings.